The van der Waals surface area contributed by atoms with Gasteiger partial charge in [-0.15, -0.1) is 0 Å². The molecule has 0 atom stereocenters. The molecule has 3 rings (SSSR count). The van der Waals surface area contributed by atoms with Crippen LogP contribution in [-0.4, -0.2) is 31.2 Å². The maximum absolute atomic E-state index is 12.4. The average Bonchev–Trinajstić information content (AvgIpc) is 3.11. The van der Waals surface area contributed by atoms with Crippen molar-refractivity contribution in [2.45, 2.75) is 11.8 Å². The number of hydrogen-bond acceptors (Lipinski definition) is 5. The minimum Gasteiger partial charge on any atom is -0.494 e. The van der Waals surface area contributed by atoms with Crippen molar-refractivity contribution >= 4 is 27.5 Å². The number of rotatable bonds is 5. The number of amides is 1. The lowest BCUT2D eigenvalue weighted by Crippen LogP contribution is -2.31. The maximum atomic E-state index is 12.4. The van der Waals surface area contributed by atoms with Crippen LogP contribution in [0.15, 0.2) is 59.6 Å². The number of sulfonamides is 1. The number of benzene rings is 2. The Balaban J connectivity index is 1.87. The molecular formula is C18H16ClN3O4S. The molecule has 1 heterocycles. The Bertz CT molecular complexity index is 1110. The van der Waals surface area contributed by atoms with Crippen molar-refractivity contribution in [1.29, 1.82) is 0 Å². The smallest absolute Gasteiger partial charge is 0.285 e. The van der Waals surface area contributed by atoms with Gasteiger partial charge >= 0.3 is 0 Å². The van der Waals surface area contributed by atoms with Crippen LogP contribution in [0.25, 0.3) is 5.69 Å². The lowest BCUT2D eigenvalue weighted by atomic mass is 10.2. The summed E-state index contributed by atoms with van der Waals surface area (Å²) in [5.74, 6) is -0.275. The van der Waals surface area contributed by atoms with E-state index in [1.54, 1.807) is 18.3 Å². The van der Waals surface area contributed by atoms with Crippen molar-refractivity contribution in [1.82, 2.24) is 14.5 Å². The van der Waals surface area contributed by atoms with Crippen molar-refractivity contribution in [2.24, 2.45) is 0 Å². The van der Waals surface area contributed by atoms with Crippen molar-refractivity contribution in [3.63, 3.8) is 0 Å². The monoisotopic (exact) mass is 405 g/mol. The summed E-state index contributed by atoms with van der Waals surface area (Å²) in [6.45, 7) is 1.91. The number of halogens is 1. The van der Waals surface area contributed by atoms with E-state index in [2.05, 4.69) is 5.10 Å². The highest BCUT2D eigenvalue weighted by molar-refractivity contribution is 7.90. The van der Waals surface area contributed by atoms with E-state index in [0.29, 0.717) is 11.4 Å². The first-order valence-corrected chi connectivity index (χ1v) is 9.70. The van der Waals surface area contributed by atoms with E-state index in [1.165, 1.54) is 36.1 Å². The van der Waals surface area contributed by atoms with Crippen LogP contribution in [0.3, 0.4) is 0 Å². The molecular weight excluding hydrogens is 390 g/mol. The minimum absolute atomic E-state index is 0.0517. The third kappa shape index (κ3) is 4.12. The molecule has 0 aliphatic heterocycles. The summed E-state index contributed by atoms with van der Waals surface area (Å²) in [6, 6.07) is 12.6. The highest BCUT2D eigenvalue weighted by Gasteiger charge is 2.21. The molecule has 1 amide bonds. The van der Waals surface area contributed by atoms with Gasteiger partial charge in [-0.3, -0.25) is 4.79 Å². The molecule has 0 aliphatic carbocycles. The van der Waals surface area contributed by atoms with Crippen molar-refractivity contribution in [3.8, 4) is 11.4 Å². The molecule has 0 saturated heterocycles. The Kier molecular flexibility index (Phi) is 5.20. The first-order valence-electron chi connectivity index (χ1n) is 7.83. The molecule has 0 bridgehead atoms. The zero-order chi connectivity index (χ0) is 19.6. The van der Waals surface area contributed by atoms with Gasteiger partial charge in [-0.05, 0) is 48.9 Å². The Hall–Kier alpha value is -2.84. The fourth-order valence-corrected chi connectivity index (χ4v) is 3.69. The molecule has 0 radical (unpaired) electrons. The Morgan fingerprint density at radius 2 is 1.96 bits per heavy atom. The second-order valence-electron chi connectivity index (χ2n) is 5.71. The maximum Gasteiger partial charge on any atom is 0.285 e. The molecule has 0 aliphatic rings. The van der Waals surface area contributed by atoms with Gasteiger partial charge in [0.1, 0.15) is 11.4 Å². The molecule has 3 aromatic rings. The first kappa shape index (κ1) is 18.9. The van der Waals surface area contributed by atoms with Crippen molar-refractivity contribution < 1.29 is 17.9 Å². The number of nitrogens with zero attached hydrogens (tertiary/aromatic N) is 2. The van der Waals surface area contributed by atoms with Crippen LogP contribution >= 0.6 is 11.6 Å². The number of nitrogens with one attached hydrogen (secondary N) is 1. The predicted octanol–water partition coefficient (Wildman–Crippen LogP) is 2.96. The summed E-state index contributed by atoms with van der Waals surface area (Å²) >= 11 is 5.81. The van der Waals surface area contributed by atoms with Crippen LogP contribution in [0.5, 0.6) is 5.75 Å². The van der Waals surface area contributed by atoms with Crippen molar-refractivity contribution in [3.05, 3.63) is 71.0 Å². The molecule has 0 saturated carbocycles. The van der Waals surface area contributed by atoms with Gasteiger partial charge in [0.15, 0.2) is 5.69 Å². The third-order valence-corrected chi connectivity index (χ3v) is 5.30. The molecule has 9 heteroatoms. The molecule has 0 fully saturated rings. The van der Waals surface area contributed by atoms with Gasteiger partial charge in [-0.2, -0.15) is 5.10 Å². The molecule has 27 heavy (non-hydrogen) atoms. The minimum atomic E-state index is -4.06. The molecule has 0 unspecified atom stereocenters. The number of carbonyl (C=O) groups is 1. The zero-order valence-electron chi connectivity index (χ0n) is 14.5. The summed E-state index contributed by atoms with van der Waals surface area (Å²) in [6.07, 6.45) is 1.55. The zero-order valence-corrected chi connectivity index (χ0v) is 16.1. The van der Waals surface area contributed by atoms with Crippen LogP contribution in [0.2, 0.25) is 5.02 Å². The number of aromatic nitrogens is 2. The standard InChI is InChI=1S/C18H16ClN3O4S/c1-12-6-7-17(26-2)16(10-12)22-9-8-15(20-22)18(23)21-27(24,25)14-5-3-4-13(19)11-14/h3-11H,1-2H3,(H,21,23). The molecule has 1 N–H and O–H groups in total. The lowest BCUT2D eigenvalue weighted by Gasteiger charge is -2.09. The largest absolute Gasteiger partial charge is 0.494 e. The van der Waals surface area contributed by atoms with Crippen LogP contribution in [0, 0.1) is 6.92 Å². The summed E-state index contributed by atoms with van der Waals surface area (Å²) < 4.78 is 33.4. The van der Waals surface area contributed by atoms with Crippen molar-refractivity contribution in [2.75, 3.05) is 7.11 Å². The van der Waals surface area contributed by atoms with E-state index < -0.39 is 15.9 Å². The SMILES string of the molecule is COc1ccc(C)cc1-n1ccc(C(=O)NS(=O)(=O)c2cccc(Cl)c2)n1. The third-order valence-electron chi connectivity index (χ3n) is 3.74. The van der Waals surface area contributed by atoms with Gasteiger partial charge in [-0.1, -0.05) is 23.7 Å². The van der Waals surface area contributed by atoms with Gasteiger partial charge < -0.3 is 4.74 Å². The number of methoxy groups -OCH3 is 1. The molecule has 7 nitrogen and oxygen atoms in total. The molecule has 2 aromatic carbocycles. The van der Waals surface area contributed by atoms with Crippen LogP contribution < -0.4 is 9.46 Å². The van der Waals surface area contributed by atoms with Gasteiger partial charge in [-0.25, -0.2) is 17.8 Å². The predicted molar refractivity (Wildman–Crippen MR) is 101 cm³/mol. The number of hydrogen-bond donors (Lipinski definition) is 1. The highest BCUT2D eigenvalue weighted by Crippen LogP contribution is 2.23. The van der Waals surface area contributed by atoms with E-state index in [0.717, 1.165) is 5.56 Å². The van der Waals surface area contributed by atoms with Crippen LogP contribution in [0.1, 0.15) is 16.1 Å². The molecule has 1 aromatic heterocycles. The summed E-state index contributed by atoms with van der Waals surface area (Å²) in [5.41, 5.74) is 1.56. The lowest BCUT2D eigenvalue weighted by molar-refractivity contribution is 0.0976. The Morgan fingerprint density at radius 1 is 1.19 bits per heavy atom. The van der Waals surface area contributed by atoms with Crippen LogP contribution in [0.4, 0.5) is 0 Å². The van der Waals surface area contributed by atoms with E-state index in [9.17, 15) is 13.2 Å². The molecule has 140 valence electrons. The van der Waals surface area contributed by atoms with Gasteiger partial charge in [0.2, 0.25) is 0 Å². The highest BCUT2D eigenvalue weighted by atomic mass is 35.5. The normalized spacial score (nSPS) is 11.2. The van der Waals surface area contributed by atoms with Gasteiger partial charge in [0.25, 0.3) is 15.9 Å². The van der Waals surface area contributed by atoms with Gasteiger partial charge in [0, 0.05) is 11.2 Å². The summed E-state index contributed by atoms with van der Waals surface area (Å²) in [7, 11) is -2.53. The number of aryl methyl sites for hydroxylation is 1. The Morgan fingerprint density at radius 3 is 2.67 bits per heavy atom. The fraction of sp³-hybridized carbons (Fsp3) is 0.111. The fourth-order valence-electron chi connectivity index (χ4n) is 2.43. The first-order chi connectivity index (χ1) is 12.8. The number of ether oxygens (including phenoxy) is 1. The van der Waals surface area contributed by atoms with E-state index in [1.807, 2.05) is 23.8 Å². The van der Waals surface area contributed by atoms with Crippen LogP contribution in [-0.2, 0) is 10.0 Å². The van der Waals surface area contributed by atoms with E-state index >= 15 is 0 Å². The quantitative estimate of drug-likeness (QED) is 0.704. The second-order valence-corrected chi connectivity index (χ2v) is 7.83. The van der Waals surface area contributed by atoms with E-state index in [4.69, 9.17) is 16.3 Å². The average molecular weight is 406 g/mol. The van der Waals surface area contributed by atoms with Gasteiger partial charge in [0.05, 0.1) is 12.0 Å². The summed E-state index contributed by atoms with van der Waals surface area (Å²) in [5, 5.41) is 4.41. The topological polar surface area (TPSA) is 90.3 Å². The summed E-state index contributed by atoms with van der Waals surface area (Å²) in [4.78, 5) is 12.2. The second kappa shape index (κ2) is 7.42. The Labute approximate surface area is 161 Å². The molecule has 0 spiro atoms. The van der Waals surface area contributed by atoms with E-state index in [-0.39, 0.29) is 15.6 Å². The number of carbonyl (C=O) groups excluding carboxylic acids is 1.